The van der Waals surface area contributed by atoms with Crippen LogP contribution in [0.2, 0.25) is 0 Å². The summed E-state index contributed by atoms with van der Waals surface area (Å²) in [7, 11) is 0. The maximum absolute atomic E-state index is 12.9. The first-order chi connectivity index (χ1) is 10.4. The molecule has 0 unspecified atom stereocenters. The lowest BCUT2D eigenvalue weighted by Crippen LogP contribution is -2.33. The molecule has 1 aliphatic heterocycles. The van der Waals surface area contributed by atoms with Crippen LogP contribution >= 0.6 is 0 Å². The summed E-state index contributed by atoms with van der Waals surface area (Å²) in [5, 5.41) is 2.70. The first-order valence-corrected chi connectivity index (χ1v) is 7.50. The Morgan fingerprint density at radius 3 is 2.55 bits per heavy atom. The number of hydrogen-bond acceptors (Lipinski definition) is 3. The Kier molecular flexibility index (Phi) is 5.26. The molecule has 4 nitrogen and oxygen atoms in total. The molecule has 1 aromatic heterocycles. The highest BCUT2D eigenvalue weighted by molar-refractivity contribution is 5.75. The van der Waals surface area contributed by atoms with E-state index in [9.17, 15) is 18.0 Å². The van der Waals surface area contributed by atoms with Gasteiger partial charge in [0.2, 0.25) is 5.91 Å². The van der Waals surface area contributed by atoms with Crippen molar-refractivity contribution in [2.75, 3.05) is 18.0 Å². The number of aromatic nitrogens is 1. The minimum Gasteiger partial charge on any atom is -0.356 e. The Bertz CT molecular complexity index is 525. The molecule has 2 heterocycles. The topological polar surface area (TPSA) is 45.2 Å². The number of carbonyl (C=O) groups excluding carboxylic acids is 1. The molecule has 0 radical (unpaired) electrons. The van der Waals surface area contributed by atoms with Gasteiger partial charge in [0.1, 0.15) is 11.5 Å². The number of halogens is 3. The quantitative estimate of drug-likeness (QED) is 0.928. The van der Waals surface area contributed by atoms with E-state index < -0.39 is 11.9 Å². The summed E-state index contributed by atoms with van der Waals surface area (Å²) in [4.78, 5) is 17.1. The number of anilines is 1. The predicted molar refractivity (Wildman–Crippen MR) is 77.4 cm³/mol. The summed E-state index contributed by atoms with van der Waals surface area (Å²) >= 11 is 0. The van der Waals surface area contributed by atoms with Gasteiger partial charge in [-0.05, 0) is 25.3 Å². The molecule has 1 fully saturated rings. The summed E-state index contributed by atoms with van der Waals surface area (Å²) in [6, 6.07) is 2.39. The standard InChI is InChI=1S/C15H20F3N3O/c1-2-13(22)19-10-11-6-7-12(15(16,17)18)20-14(11)21-8-4-3-5-9-21/h6-7H,2-5,8-10H2,1H3,(H,19,22). The van der Waals surface area contributed by atoms with E-state index in [2.05, 4.69) is 10.3 Å². The largest absolute Gasteiger partial charge is 0.433 e. The van der Waals surface area contributed by atoms with Gasteiger partial charge in [0.25, 0.3) is 0 Å². The van der Waals surface area contributed by atoms with Crippen LogP contribution in [0.3, 0.4) is 0 Å². The van der Waals surface area contributed by atoms with Crippen LogP contribution in [-0.4, -0.2) is 24.0 Å². The minimum atomic E-state index is -4.46. The molecule has 122 valence electrons. The van der Waals surface area contributed by atoms with Gasteiger partial charge in [0.05, 0.1) is 0 Å². The summed E-state index contributed by atoms with van der Waals surface area (Å²) in [5.74, 6) is 0.204. The summed E-state index contributed by atoms with van der Waals surface area (Å²) in [5.41, 5.74) is -0.268. The number of nitrogens with zero attached hydrogens (tertiary/aromatic N) is 2. The van der Waals surface area contributed by atoms with E-state index in [0.717, 1.165) is 25.3 Å². The van der Waals surface area contributed by atoms with Gasteiger partial charge in [-0.1, -0.05) is 13.0 Å². The van der Waals surface area contributed by atoms with Crippen molar-refractivity contribution in [2.45, 2.75) is 45.3 Å². The molecular formula is C15H20F3N3O. The van der Waals surface area contributed by atoms with E-state index in [0.29, 0.717) is 30.9 Å². The van der Waals surface area contributed by atoms with Gasteiger partial charge in [0.15, 0.2) is 0 Å². The number of rotatable bonds is 4. The molecular weight excluding hydrogens is 295 g/mol. The molecule has 0 aromatic carbocycles. The zero-order valence-electron chi connectivity index (χ0n) is 12.5. The van der Waals surface area contributed by atoms with Crippen LogP contribution in [-0.2, 0) is 17.5 Å². The van der Waals surface area contributed by atoms with Crippen LogP contribution < -0.4 is 10.2 Å². The average Bonchev–Trinajstić information content (AvgIpc) is 2.52. The van der Waals surface area contributed by atoms with Gasteiger partial charge in [-0.3, -0.25) is 4.79 Å². The highest BCUT2D eigenvalue weighted by Crippen LogP contribution is 2.31. The number of carbonyl (C=O) groups is 1. The van der Waals surface area contributed by atoms with E-state index in [1.807, 2.05) is 4.90 Å². The lowest BCUT2D eigenvalue weighted by atomic mass is 10.1. The molecule has 2 rings (SSSR count). The number of pyridine rings is 1. The summed E-state index contributed by atoms with van der Waals surface area (Å²) in [6.45, 7) is 3.32. The SMILES string of the molecule is CCC(=O)NCc1ccc(C(F)(F)F)nc1N1CCCCC1. The second-order valence-corrected chi connectivity index (χ2v) is 5.35. The number of piperidine rings is 1. The Hall–Kier alpha value is -1.79. The highest BCUT2D eigenvalue weighted by atomic mass is 19.4. The van der Waals surface area contributed by atoms with Gasteiger partial charge < -0.3 is 10.2 Å². The summed E-state index contributed by atoms with van der Waals surface area (Å²) < 4.78 is 38.7. The average molecular weight is 315 g/mol. The van der Waals surface area contributed by atoms with Crippen molar-refractivity contribution in [3.05, 3.63) is 23.4 Å². The van der Waals surface area contributed by atoms with Crippen LogP contribution in [0.4, 0.5) is 19.0 Å². The number of nitrogens with one attached hydrogen (secondary N) is 1. The Balaban J connectivity index is 2.28. The third kappa shape index (κ3) is 4.11. The fraction of sp³-hybridized carbons (Fsp3) is 0.600. The van der Waals surface area contributed by atoms with Gasteiger partial charge in [-0.15, -0.1) is 0 Å². The molecule has 0 spiro atoms. The van der Waals surface area contributed by atoms with Crippen molar-refractivity contribution in [3.8, 4) is 0 Å². The molecule has 1 N–H and O–H groups in total. The lowest BCUT2D eigenvalue weighted by Gasteiger charge is -2.30. The van der Waals surface area contributed by atoms with Gasteiger partial charge in [-0.25, -0.2) is 4.98 Å². The van der Waals surface area contributed by atoms with E-state index in [4.69, 9.17) is 0 Å². The second kappa shape index (κ2) is 6.98. The predicted octanol–water partition coefficient (Wildman–Crippen LogP) is 3.12. The highest BCUT2D eigenvalue weighted by Gasteiger charge is 2.33. The van der Waals surface area contributed by atoms with E-state index in [-0.39, 0.29) is 12.5 Å². The molecule has 0 saturated carbocycles. The molecule has 22 heavy (non-hydrogen) atoms. The Labute approximate surface area is 127 Å². The minimum absolute atomic E-state index is 0.135. The van der Waals surface area contributed by atoms with Crippen LogP contribution in [0.5, 0.6) is 0 Å². The van der Waals surface area contributed by atoms with Crippen molar-refractivity contribution < 1.29 is 18.0 Å². The third-order valence-electron chi connectivity index (χ3n) is 3.70. The van der Waals surface area contributed by atoms with Crippen molar-refractivity contribution in [1.82, 2.24) is 10.3 Å². The normalized spacial score (nSPS) is 15.7. The number of amides is 1. The molecule has 0 atom stereocenters. The lowest BCUT2D eigenvalue weighted by molar-refractivity contribution is -0.141. The third-order valence-corrected chi connectivity index (χ3v) is 3.70. The van der Waals surface area contributed by atoms with Crippen molar-refractivity contribution in [2.24, 2.45) is 0 Å². The van der Waals surface area contributed by atoms with Crippen LogP contribution in [0.25, 0.3) is 0 Å². The number of hydrogen-bond donors (Lipinski definition) is 1. The van der Waals surface area contributed by atoms with Crippen LogP contribution in [0.1, 0.15) is 43.9 Å². The first kappa shape index (κ1) is 16.6. The smallest absolute Gasteiger partial charge is 0.356 e. The maximum Gasteiger partial charge on any atom is 0.433 e. The van der Waals surface area contributed by atoms with E-state index >= 15 is 0 Å². The molecule has 1 amide bonds. The van der Waals surface area contributed by atoms with Crippen molar-refractivity contribution in [3.63, 3.8) is 0 Å². The molecule has 1 aliphatic rings. The van der Waals surface area contributed by atoms with E-state index in [1.165, 1.54) is 6.07 Å². The van der Waals surface area contributed by atoms with Gasteiger partial charge >= 0.3 is 6.18 Å². The Morgan fingerprint density at radius 1 is 1.27 bits per heavy atom. The first-order valence-electron chi connectivity index (χ1n) is 7.50. The van der Waals surface area contributed by atoms with Gasteiger partial charge in [-0.2, -0.15) is 13.2 Å². The molecule has 0 bridgehead atoms. The molecule has 0 aliphatic carbocycles. The maximum atomic E-state index is 12.9. The van der Waals surface area contributed by atoms with Crippen LogP contribution in [0.15, 0.2) is 12.1 Å². The number of alkyl halides is 3. The summed E-state index contributed by atoms with van der Waals surface area (Å²) in [6.07, 6.45) is -1.16. The second-order valence-electron chi connectivity index (χ2n) is 5.35. The van der Waals surface area contributed by atoms with Crippen LogP contribution in [0, 0.1) is 0 Å². The van der Waals surface area contributed by atoms with Crippen molar-refractivity contribution >= 4 is 11.7 Å². The fourth-order valence-corrected chi connectivity index (χ4v) is 2.47. The Morgan fingerprint density at radius 2 is 1.95 bits per heavy atom. The monoisotopic (exact) mass is 315 g/mol. The molecule has 1 aromatic rings. The zero-order valence-corrected chi connectivity index (χ0v) is 12.5. The van der Waals surface area contributed by atoms with E-state index in [1.54, 1.807) is 6.92 Å². The fourth-order valence-electron chi connectivity index (χ4n) is 2.47. The molecule has 1 saturated heterocycles. The zero-order chi connectivity index (χ0) is 16.2. The molecule has 7 heteroatoms. The van der Waals surface area contributed by atoms with Gasteiger partial charge in [0, 0.05) is 31.6 Å². The van der Waals surface area contributed by atoms with Crippen molar-refractivity contribution in [1.29, 1.82) is 0 Å².